The number of aromatic nitrogens is 2. The van der Waals surface area contributed by atoms with E-state index in [4.69, 9.17) is 0 Å². The van der Waals surface area contributed by atoms with Crippen LogP contribution in [0.1, 0.15) is 29.2 Å². The first-order chi connectivity index (χ1) is 9.79. The molecule has 0 radical (unpaired) electrons. The molecular weight excluding hydrogens is 266 g/mol. The number of hydrogen-bond acceptors (Lipinski definition) is 4. The van der Waals surface area contributed by atoms with E-state index in [0.717, 1.165) is 17.2 Å². The van der Waals surface area contributed by atoms with Gasteiger partial charge in [-0.2, -0.15) is 0 Å². The minimum atomic E-state index is 0.101. The van der Waals surface area contributed by atoms with Gasteiger partial charge in [0.15, 0.2) is 0 Å². The van der Waals surface area contributed by atoms with Gasteiger partial charge >= 0.3 is 0 Å². The maximum Gasteiger partial charge on any atom is 0.0898 e. The molecule has 102 valence electrons. The summed E-state index contributed by atoms with van der Waals surface area (Å²) in [5, 5.41) is 9.15. The van der Waals surface area contributed by atoms with E-state index in [0.29, 0.717) is 0 Å². The second kappa shape index (κ2) is 5.69. The number of hydrogen-bond donors (Lipinski definition) is 1. The van der Waals surface area contributed by atoms with Crippen LogP contribution < -0.4 is 5.32 Å². The quantitative estimate of drug-likeness (QED) is 0.793. The van der Waals surface area contributed by atoms with Crippen LogP contribution in [0, 0.1) is 6.92 Å². The van der Waals surface area contributed by atoms with Crippen molar-refractivity contribution in [3.05, 3.63) is 58.3 Å². The summed E-state index contributed by atoms with van der Waals surface area (Å²) in [5.74, 6) is 0. The Morgan fingerprint density at radius 3 is 2.85 bits per heavy atom. The van der Waals surface area contributed by atoms with Gasteiger partial charge in [0.05, 0.1) is 16.7 Å². The van der Waals surface area contributed by atoms with Gasteiger partial charge in [-0.05, 0) is 18.9 Å². The lowest BCUT2D eigenvalue weighted by atomic mass is 10.00. The molecule has 1 aromatic carbocycles. The van der Waals surface area contributed by atoms with Crippen molar-refractivity contribution in [1.82, 2.24) is 15.3 Å². The van der Waals surface area contributed by atoms with Crippen LogP contribution in [0.4, 0.5) is 0 Å². The first-order valence-corrected chi connectivity index (χ1v) is 7.65. The molecule has 0 aliphatic carbocycles. The number of aryl methyl sites for hydroxylation is 1. The summed E-state index contributed by atoms with van der Waals surface area (Å²) < 4.78 is 0. The zero-order chi connectivity index (χ0) is 13.9. The standard InChI is InChI=1S/C16H17N3S/c1-3-18-16(15-10-20-11(2)19-15)14-9-17-8-12-6-4-5-7-13(12)14/h4-10,16,18H,3H2,1-2H3. The summed E-state index contributed by atoms with van der Waals surface area (Å²) >= 11 is 1.69. The molecule has 3 nitrogen and oxygen atoms in total. The molecule has 0 saturated carbocycles. The summed E-state index contributed by atoms with van der Waals surface area (Å²) in [6.45, 7) is 5.05. The monoisotopic (exact) mass is 283 g/mol. The molecule has 1 unspecified atom stereocenters. The van der Waals surface area contributed by atoms with Crippen LogP contribution in [-0.4, -0.2) is 16.5 Å². The Bertz CT molecular complexity index is 715. The molecule has 2 aromatic heterocycles. The molecule has 1 atom stereocenters. The van der Waals surface area contributed by atoms with Gasteiger partial charge in [0.1, 0.15) is 0 Å². The van der Waals surface area contributed by atoms with E-state index in [2.05, 4.69) is 45.8 Å². The third-order valence-corrected chi connectivity index (χ3v) is 4.14. The zero-order valence-corrected chi connectivity index (χ0v) is 12.4. The van der Waals surface area contributed by atoms with E-state index in [1.807, 2.05) is 25.4 Å². The van der Waals surface area contributed by atoms with Crippen molar-refractivity contribution in [1.29, 1.82) is 0 Å². The minimum absolute atomic E-state index is 0.101. The van der Waals surface area contributed by atoms with E-state index in [-0.39, 0.29) is 6.04 Å². The Labute approximate surface area is 122 Å². The zero-order valence-electron chi connectivity index (χ0n) is 11.6. The minimum Gasteiger partial charge on any atom is -0.305 e. The Hall–Kier alpha value is -1.78. The Morgan fingerprint density at radius 2 is 2.10 bits per heavy atom. The molecule has 0 aliphatic heterocycles. The molecular formula is C16H17N3S. The van der Waals surface area contributed by atoms with Gasteiger partial charge in [-0.3, -0.25) is 4.98 Å². The Morgan fingerprint density at radius 1 is 1.25 bits per heavy atom. The summed E-state index contributed by atoms with van der Waals surface area (Å²) in [7, 11) is 0. The van der Waals surface area contributed by atoms with E-state index in [9.17, 15) is 0 Å². The molecule has 0 fully saturated rings. The SMILES string of the molecule is CCNC(c1csc(C)n1)c1cncc2ccccc12. The molecule has 20 heavy (non-hydrogen) atoms. The summed E-state index contributed by atoms with van der Waals surface area (Å²) in [6, 6.07) is 8.46. The maximum absolute atomic E-state index is 4.64. The van der Waals surface area contributed by atoms with Crippen LogP contribution in [0.25, 0.3) is 10.8 Å². The predicted octanol–water partition coefficient (Wildman–Crippen LogP) is 3.70. The number of benzene rings is 1. The van der Waals surface area contributed by atoms with Gasteiger partial charge in [-0.25, -0.2) is 4.98 Å². The summed E-state index contributed by atoms with van der Waals surface area (Å²) in [6.07, 6.45) is 3.86. The van der Waals surface area contributed by atoms with E-state index in [1.54, 1.807) is 11.3 Å². The number of fused-ring (bicyclic) bond motifs is 1. The lowest BCUT2D eigenvalue weighted by Gasteiger charge is -2.18. The number of thiazole rings is 1. The number of pyridine rings is 1. The lowest BCUT2D eigenvalue weighted by molar-refractivity contribution is 0.620. The fraction of sp³-hybridized carbons (Fsp3) is 0.250. The largest absolute Gasteiger partial charge is 0.305 e. The molecule has 4 heteroatoms. The van der Waals surface area contributed by atoms with Gasteiger partial charge in [0.25, 0.3) is 0 Å². The van der Waals surface area contributed by atoms with Gasteiger partial charge in [-0.15, -0.1) is 11.3 Å². The van der Waals surface area contributed by atoms with Crippen LogP contribution in [0.2, 0.25) is 0 Å². The molecule has 3 aromatic rings. The number of nitrogens with one attached hydrogen (secondary N) is 1. The fourth-order valence-corrected chi connectivity index (χ4v) is 3.10. The van der Waals surface area contributed by atoms with Gasteiger partial charge < -0.3 is 5.32 Å². The van der Waals surface area contributed by atoms with Crippen LogP contribution in [-0.2, 0) is 0 Å². The van der Waals surface area contributed by atoms with Crippen molar-refractivity contribution in [2.45, 2.75) is 19.9 Å². The van der Waals surface area contributed by atoms with Crippen molar-refractivity contribution in [3.8, 4) is 0 Å². The molecule has 0 amide bonds. The maximum atomic E-state index is 4.64. The first kappa shape index (κ1) is 13.2. The molecule has 0 bridgehead atoms. The van der Waals surface area contributed by atoms with Crippen molar-refractivity contribution < 1.29 is 0 Å². The Kier molecular flexibility index (Phi) is 3.76. The van der Waals surface area contributed by atoms with Gasteiger partial charge in [-0.1, -0.05) is 31.2 Å². The van der Waals surface area contributed by atoms with Crippen LogP contribution in [0.5, 0.6) is 0 Å². The lowest BCUT2D eigenvalue weighted by Crippen LogP contribution is -2.22. The third kappa shape index (κ3) is 2.44. The van der Waals surface area contributed by atoms with Crippen molar-refractivity contribution >= 4 is 22.1 Å². The Balaban J connectivity index is 2.14. The molecule has 0 spiro atoms. The highest BCUT2D eigenvalue weighted by Gasteiger charge is 2.18. The van der Waals surface area contributed by atoms with E-state index < -0.39 is 0 Å². The highest BCUT2D eigenvalue weighted by Crippen LogP contribution is 2.28. The first-order valence-electron chi connectivity index (χ1n) is 6.77. The second-order valence-corrected chi connectivity index (χ2v) is 5.79. The number of rotatable bonds is 4. The van der Waals surface area contributed by atoms with Crippen LogP contribution in [0.15, 0.2) is 42.0 Å². The molecule has 3 rings (SSSR count). The average molecular weight is 283 g/mol. The van der Waals surface area contributed by atoms with Gasteiger partial charge in [0, 0.05) is 28.7 Å². The highest BCUT2D eigenvalue weighted by molar-refractivity contribution is 7.09. The predicted molar refractivity (Wildman–Crippen MR) is 84.1 cm³/mol. The topological polar surface area (TPSA) is 37.8 Å². The van der Waals surface area contributed by atoms with Crippen molar-refractivity contribution in [3.63, 3.8) is 0 Å². The van der Waals surface area contributed by atoms with Gasteiger partial charge in [0.2, 0.25) is 0 Å². The molecule has 0 saturated heterocycles. The van der Waals surface area contributed by atoms with Crippen LogP contribution in [0.3, 0.4) is 0 Å². The molecule has 2 heterocycles. The third-order valence-electron chi connectivity index (χ3n) is 3.35. The summed E-state index contributed by atoms with van der Waals surface area (Å²) in [4.78, 5) is 9.02. The molecule has 1 N–H and O–H groups in total. The molecule has 0 aliphatic rings. The second-order valence-electron chi connectivity index (χ2n) is 4.73. The van der Waals surface area contributed by atoms with Crippen molar-refractivity contribution in [2.75, 3.05) is 6.54 Å². The average Bonchev–Trinajstić information content (AvgIpc) is 2.91. The van der Waals surface area contributed by atoms with Crippen LogP contribution >= 0.6 is 11.3 Å². The van der Waals surface area contributed by atoms with E-state index >= 15 is 0 Å². The van der Waals surface area contributed by atoms with Crippen molar-refractivity contribution in [2.24, 2.45) is 0 Å². The fourth-order valence-electron chi connectivity index (χ4n) is 2.46. The smallest absolute Gasteiger partial charge is 0.0898 e. The number of nitrogens with zero attached hydrogens (tertiary/aromatic N) is 2. The van der Waals surface area contributed by atoms with E-state index in [1.165, 1.54) is 16.3 Å². The highest BCUT2D eigenvalue weighted by atomic mass is 32.1. The normalized spacial score (nSPS) is 12.7. The summed E-state index contributed by atoms with van der Waals surface area (Å²) in [5.41, 5.74) is 2.27.